The minimum atomic E-state index is -0.507. The molecule has 0 spiro atoms. The summed E-state index contributed by atoms with van der Waals surface area (Å²) in [5.41, 5.74) is 2.26. The number of anilines is 2. The summed E-state index contributed by atoms with van der Waals surface area (Å²) in [5, 5.41) is 7.97. The Kier molecular flexibility index (Phi) is 4.45. The van der Waals surface area contributed by atoms with E-state index in [1.54, 1.807) is 31.6 Å². The minimum absolute atomic E-state index is 0.363. The normalized spacial score (nSPS) is 22.7. The lowest BCUT2D eigenvalue weighted by atomic mass is 9.98. The molecule has 8 nitrogen and oxygen atoms in total. The van der Waals surface area contributed by atoms with Crippen molar-refractivity contribution in [3.8, 4) is 17.0 Å². The van der Waals surface area contributed by atoms with Gasteiger partial charge >= 0.3 is 6.09 Å². The summed E-state index contributed by atoms with van der Waals surface area (Å²) in [5.74, 6) is 1.01. The molecule has 1 aliphatic carbocycles. The summed E-state index contributed by atoms with van der Waals surface area (Å²) in [4.78, 5) is 22.8. The van der Waals surface area contributed by atoms with Crippen LogP contribution in [0.25, 0.3) is 21.9 Å². The summed E-state index contributed by atoms with van der Waals surface area (Å²) in [6, 6.07) is 4.99. The van der Waals surface area contributed by atoms with Gasteiger partial charge in [-0.2, -0.15) is 0 Å². The lowest BCUT2D eigenvalue weighted by Crippen LogP contribution is -2.39. The standard InChI is InChI=1S/C24H24FN5O3/c1-13-18(12-28-22-21(13)26-5-6-32-22)17-7-14-9-20(27-11-15(14)8-19(17)25)30(2)23(31)33-24-10-16(24)3-4-29-24/h7-9,11-12,16,26,29H,3-6,10H2,1-2H3/t16?,24-/m0/s1. The van der Waals surface area contributed by atoms with Gasteiger partial charge in [0.25, 0.3) is 0 Å². The molecule has 0 bridgehead atoms. The van der Waals surface area contributed by atoms with Gasteiger partial charge in [-0.3, -0.25) is 10.2 Å². The second-order valence-corrected chi connectivity index (χ2v) is 8.91. The summed E-state index contributed by atoms with van der Waals surface area (Å²) in [7, 11) is 1.63. The van der Waals surface area contributed by atoms with E-state index in [4.69, 9.17) is 9.47 Å². The number of hydrogen-bond donors (Lipinski definition) is 2. The number of fused-ring (bicyclic) bond motifs is 3. The molecule has 2 fully saturated rings. The number of hydrogen-bond acceptors (Lipinski definition) is 7. The largest absolute Gasteiger partial charge is 0.474 e. The number of benzene rings is 1. The molecule has 3 aliphatic rings. The van der Waals surface area contributed by atoms with Crippen molar-refractivity contribution in [3.63, 3.8) is 0 Å². The van der Waals surface area contributed by atoms with Crippen LogP contribution in [0.15, 0.2) is 30.6 Å². The van der Waals surface area contributed by atoms with Crippen LogP contribution in [0, 0.1) is 18.7 Å². The van der Waals surface area contributed by atoms with Crippen LogP contribution in [0.5, 0.6) is 5.88 Å². The highest BCUT2D eigenvalue weighted by Gasteiger charge is 2.61. The first kappa shape index (κ1) is 20.2. The van der Waals surface area contributed by atoms with Gasteiger partial charge in [0, 0.05) is 54.8 Å². The number of piperidine rings is 1. The topological polar surface area (TPSA) is 88.6 Å². The van der Waals surface area contributed by atoms with Gasteiger partial charge in [-0.05, 0) is 49.0 Å². The molecule has 9 heteroatoms. The van der Waals surface area contributed by atoms with Crippen LogP contribution in [0.2, 0.25) is 0 Å². The Morgan fingerprint density at radius 3 is 2.88 bits per heavy atom. The van der Waals surface area contributed by atoms with E-state index in [-0.39, 0.29) is 5.82 Å². The Morgan fingerprint density at radius 1 is 1.21 bits per heavy atom. The van der Waals surface area contributed by atoms with Crippen molar-refractivity contribution in [2.75, 3.05) is 37.0 Å². The van der Waals surface area contributed by atoms with Crippen LogP contribution in [-0.4, -0.2) is 48.5 Å². The van der Waals surface area contributed by atoms with Crippen LogP contribution < -0.4 is 20.3 Å². The zero-order valence-electron chi connectivity index (χ0n) is 18.4. The van der Waals surface area contributed by atoms with Crippen molar-refractivity contribution in [2.45, 2.75) is 25.5 Å². The average molecular weight is 449 g/mol. The van der Waals surface area contributed by atoms with Gasteiger partial charge in [0.1, 0.15) is 23.9 Å². The molecule has 2 aliphatic heterocycles. The molecular weight excluding hydrogens is 425 g/mol. The number of nitrogens with zero attached hydrogens (tertiary/aromatic N) is 3. The molecule has 0 radical (unpaired) electrons. The van der Waals surface area contributed by atoms with Crippen molar-refractivity contribution in [1.29, 1.82) is 0 Å². The zero-order chi connectivity index (χ0) is 22.7. The molecule has 33 heavy (non-hydrogen) atoms. The van der Waals surface area contributed by atoms with E-state index in [0.717, 1.165) is 36.0 Å². The quantitative estimate of drug-likeness (QED) is 0.628. The number of pyridine rings is 2. The number of halogens is 1. The van der Waals surface area contributed by atoms with Crippen LogP contribution >= 0.6 is 0 Å². The maximum atomic E-state index is 15.1. The van der Waals surface area contributed by atoms with E-state index in [1.807, 2.05) is 6.92 Å². The third-order valence-electron chi connectivity index (χ3n) is 6.88. The Hall–Kier alpha value is -3.46. The van der Waals surface area contributed by atoms with Gasteiger partial charge in [0.15, 0.2) is 5.72 Å². The first-order chi connectivity index (χ1) is 15.9. The third-order valence-corrected chi connectivity index (χ3v) is 6.88. The van der Waals surface area contributed by atoms with Crippen LogP contribution in [-0.2, 0) is 4.74 Å². The predicted molar refractivity (Wildman–Crippen MR) is 122 cm³/mol. The van der Waals surface area contributed by atoms with E-state index in [9.17, 15) is 4.79 Å². The molecule has 1 saturated heterocycles. The van der Waals surface area contributed by atoms with E-state index in [2.05, 4.69) is 20.6 Å². The van der Waals surface area contributed by atoms with Crippen molar-refractivity contribution in [2.24, 2.45) is 5.92 Å². The molecule has 6 rings (SSSR count). The fourth-order valence-electron chi connectivity index (χ4n) is 4.83. The highest BCUT2D eigenvalue weighted by Crippen LogP contribution is 2.50. The second kappa shape index (κ2) is 7.28. The van der Waals surface area contributed by atoms with Crippen molar-refractivity contribution in [3.05, 3.63) is 42.0 Å². The second-order valence-electron chi connectivity index (χ2n) is 8.91. The smallest absolute Gasteiger partial charge is 0.416 e. The first-order valence-corrected chi connectivity index (χ1v) is 11.1. The average Bonchev–Trinajstić information content (AvgIpc) is 3.36. The highest BCUT2D eigenvalue weighted by molar-refractivity contribution is 5.93. The Balaban J connectivity index is 1.34. The Bertz CT molecular complexity index is 1300. The van der Waals surface area contributed by atoms with Gasteiger partial charge in [0.05, 0.1) is 0 Å². The third kappa shape index (κ3) is 3.26. The van der Waals surface area contributed by atoms with Crippen molar-refractivity contribution in [1.82, 2.24) is 15.3 Å². The van der Waals surface area contributed by atoms with Crippen molar-refractivity contribution < 1.29 is 18.7 Å². The number of ether oxygens (including phenoxy) is 2. The summed E-state index contributed by atoms with van der Waals surface area (Å²) < 4.78 is 26.4. The van der Waals surface area contributed by atoms with Crippen LogP contribution in [0.4, 0.5) is 20.7 Å². The number of carbonyl (C=O) groups is 1. The van der Waals surface area contributed by atoms with E-state index >= 15 is 4.39 Å². The molecular formula is C24H24FN5O3. The molecule has 2 atom stereocenters. The minimum Gasteiger partial charge on any atom is -0.474 e. The lowest BCUT2D eigenvalue weighted by molar-refractivity contribution is 0.0704. The molecule has 1 amide bonds. The summed E-state index contributed by atoms with van der Waals surface area (Å²) in [6.07, 6.45) is 4.63. The van der Waals surface area contributed by atoms with Crippen molar-refractivity contribution >= 4 is 28.4 Å². The molecule has 170 valence electrons. The lowest BCUT2D eigenvalue weighted by Gasteiger charge is -2.22. The number of rotatable bonds is 3. The molecule has 3 aromatic rings. The SMILES string of the molecule is Cc1c(-c2cc3cc(N(C)C(=O)O[C@@]45CC4CCN5)ncc3cc2F)cnc2c1NCCO2. The van der Waals surface area contributed by atoms with Gasteiger partial charge in [-0.1, -0.05) is 0 Å². The Labute approximate surface area is 190 Å². The van der Waals surface area contributed by atoms with Crippen LogP contribution in [0.1, 0.15) is 18.4 Å². The van der Waals surface area contributed by atoms with E-state index in [0.29, 0.717) is 47.3 Å². The molecule has 1 unspecified atom stereocenters. The molecule has 4 heterocycles. The van der Waals surface area contributed by atoms with E-state index in [1.165, 1.54) is 11.0 Å². The number of carbonyl (C=O) groups excluding carboxylic acids is 1. The number of amides is 1. The zero-order valence-corrected chi connectivity index (χ0v) is 18.4. The van der Waals surface area contributed by atoms with Gasteiger partial charge in [-0.15, -0.1) is 0 Å². The molecule has 1 aromatic carbocycles. The Morgan fingerprint density at radius 2 is 2.09 bits per heavy atom. The monoisotopic (exact) mass is 449 g/mol. The summed E-state index contributed by atoms with van der Waals surface area (Å²) >= 11 is 0. The number of nitrogens with one attached hydrogen (secondary N) is 2. The molecule has 2 N–H and O–H groups in total. The first-order valence-electron chi connectivity index (χ1n) is 11.1. The van der Waals surface area contributed by atoms with Gasteiger partial charge < -0.3 is 14.8 Å². The fourth-order valence-corrected chi connectivity index (χ4v) is 4.83. The summed E-state index contributed by atoms with van der Waals surface area (Å²) in [6.45, 7) is 4.01. The maximum Gasteiger partial charge on any atom is 0.416 e. The maximum absolute atomic E-state index is 15.1. The number of aromatic nitrogens is 2. The van der Waals surface area contributed by atoms with Crippen LogP contribution in [0.3, 0.4) is 0 Å². The van der Waals surface area contributed by atoms with Gasteiger partial charge in [0.2, 0.25) is 5.88 Å². The predicted octanol–water partition coefficient (Wildman–Crippen LogP) is 3.83. The molecule has 1 saturated carbocycles. The highest BCUT2D eigenvalue weighted by atomic mass is 19.1. The fraction of sp³-hybridized carbons (Fsp3) is 0.375. The van der Waals surface area contributed by atoms with Gasteiger partial charge in [-0.25, -0.2) is 19.2 Å². The molecule has 2 aromatic heterocycles. The van der Waals surface area contributed by atoms with E-state index < -0.39 is 11.8 Å².